The quantitative estimate of drug-likeness (QED) is 0.679. The third kappa shape index (κ3) is 3.13. The van der Waals surface area contributed by atoms with Gasteiger partial charge in [0.05, 0.1) is 36.2 Å². The molecule has 4 atom stereocenters. The molecule has 0 bridgehead atoms. The summed E-state index contributed by atoms with van der Waals surface area (Å²) in [4.78, 5) is 29.6. The minimum absolute atomic E-state index is 0.0213. The molecule has 3 heterocycles. The Balaban J connectivity index is 1.32. The Kier molecular flexibility index (Phi) is 4.67. The number of nitrogens with zero attached hydrogens (tertiary/aromatic N) is 4. The lowest BCUT2D eigenvalue weighted by Gasteiger charge is -2.39. The molecule has 2 saturated carbocycles. The van der Waals surface area contributed by atoms with Crippen LogP contribution in [0.5, 0.6) is 0 Å². The van der Waals surface area contributed by atoms with Crippen molar-refractivity contribution in [2.75, 3.05) is 10.2 Å². The van der Waals surface area contributed by atoms with Crippen molar-refractivity contribution in [3.63, 3.8) is 0 Å². The maximum atomic E-state index is 13.6. The Labute approximate surface area is 188 Å². The fraction of sp³-hybridized carbons (Fsp3) is 0.522. The number of aromatic nitrogens is 2. The van der Waals surface area contributed by atoms with Crippen LogP contribution in [0.2, 0.25) is 0 Å². The van der Waals surface area contributed by atoms with Crippen LogP contribution in [-0.2, 0) is 11.3 Å². The van der Waals surface area contributed by atoms with Crippen molar-refractivity contribution in [2.45, 2.75) is 69.6 Å². The number of fused-ring (bicyclic) bond motifs is 4. The molecule has 3 fully saturated rings. The number of hydrogen-bond acceptors (Lipinski definition) is 3. The van der Waals surface area contributed by atoms with Crippen LogP contribution in [-0.4, -0.2) is 38.7 Å². The van der Waals surface area contributed by atoms with Crippen LogP contribution in [0.3, 0.4) is 0 Å². The molecule has 7 nitrogen and oxygen atoms in total. The van der Waals surface area contributed by atoms with Crippen LogP contribution in [0, 0.1) is 23.4 Å². The average molecular weight is 459 g/mol. The Bertz CT molecular complexity index is 1130. The summed E-state index contributed by atoms with van der Waals surface area (Å²) < 4.78 is 42.6. The molecule has 1 N–H and O–H groups in total. The largest absolute Gasteiger partial charge is 0.322 e. The van der Waals surface area contributed by atoms with Gasteiger partial charge >= 0.3 is 6.03 Å². The first-order valence-electron chi connectivity index (χ1n) is 11.5. The zero-order valence-electron chi connectivity index (χ0n) is 17.9. The van der Waals surface area contributed by atoms with Gasteiger partial charge in [0, 0.05) is 30.3 Å². The molecule has 174 valence electrons. The summed E-state index contributed by atoms with van der Waals surface area (Å²) in [6, 6.07) is 1.07. The Morgan fingerprint density at radius 3 is 2.48 bits per heavy atom. The highest BCUT2D eigenvalue weighted by Crippen LogP contribution is 2.46. The summed E-state index contributed by atoms with van der Waals surface area (Å²) >= 11 is 0. The topological polar surface area (TPSA) is 70.5 Å². The number of nitrogens with one attached hydrogen (secondary N) is 1. The molecular weight excluding hydrogens is 435 g/mol. The number of rotatable bonds is 2. The van der Waals surface area contributed by atoms with Crippen LogP contribution >= 0.6 is 0 Å². The second-order valence-corrected chi connectivity index (χ2v) is 9.52. The van der Waals surface area contributed by atoms with Crippen molar-refractivity contribution < 1.29 is 22.8 Å². The van der Waals surface area contributed by atoms with E-state index in [1.54, 1.807) is 11.1 Å². The van der Waals surface area contributed by atoms with Gasteiger partial charge in [0.15, 0.2) is 17.5 Å². The van der Waals surface area contributed by atoms with Crippen molar-refractivity contribution >= 4 is 23.3 Å². The highest BCUT2D eigenvalue weighted by atomic mass is 19.2. The molecule has 10 heteroatoms. The smallest absolute Gasteiger partial charge is 0.313 e. The fourth-order valence-electron chi connectivity index (χ4n) is 6.33. The molecule has 0 unspecified atom stereocenters. The average Bonchev–Trinajstić information content (AvgIpc) is 3.54. The number of benzene rings is 1. The molecule has 0 spiro atoms. The van der Waals surface area contributed by atoms with Crippen LogP contribution in [0.4, 0.5) is 29.3 Å². The molecule has 2 aromatic rings. The number of amides is 3. The summed E-state index contributed by atoms with van der Waals surface area (Å²) in [7, 11) is 0. The lowest BCUT2D eigenvalue weighted by molar-refractivity contribution is -0.117. The second kappa shape index (κ2) is 7.50. The molecule has 4 aliphatic rings. The van der Waals surface area contributed by atoms with Crippen molar-refractivity contribution in [3.8, 4) is 0 Å². The van der Waals surface area contributed by atoms with Crippen molar-refractivity contribution in [1.82, 2.24) is 14.7 Å². The summed E-state index contributed by atoms with van der Waals surface area (Å²) in [5.74, 6) is -3.82. The third-order valence-electron chi connectivity index (χ3n) is 7.77. The minimum Gasteiger partial charge on any atom is -0.313 e. The summed E-state index contributed by atoms with van der Waals surface area (Å²) in [6.45, 7) is 0.232. The lowest BCUT2D eigenvalue weighted by Crippen LogP contribution is -2.49. The van der Waals surface area contributed by atoms with Crippen molar-refractivity contribution in [3.05, 3.63) is 41.5 Å². The first-order valence-corrected chi connectivity index (χ1v) is 11.5. The van der Waals surface area contributed by atoms with Gasteiger partial charge in [0.25, 0.3) is 0 Å². The van der Waals surface area contributed by atoms with Gasteiger partial charge in [-0.25, -0.2) is 18.0 Å². The normalized spacial score (nSPS) is 28.2. The summed E-state index contributed by atoms with van der Waals surface area (Å²) in [5.41, 5.74) is 1.43. The Hall–Kier alpha value is -3.04. The van der Waals surface area contributed by atoms with E-state index in [1.807, 2.05) is 9.58 Å². The Morgan fingerprint density at radius 2 is 1.70 bits per heavy atom. The van der Waals surface area contributed by atoms with E-state index in [4.69, 9.17) is 0 Å². The van der Waals surface area contributed by atoms with Crippen LogP contribution in [0.1, 0.15) is 56.7 Å². The molecule has 1 aromatic heterocycles. The van der Waals surface area contributed by atoms with Gasteiger partial charge in [-0.1, -0.05) is 6.42 Å². The standard InChI is InChI=1S/C23H24F3N5O2/c24-14-8-13(9-15(25)22(14)26)28-23(33)29-11-20-19(10-27-31(20)18-6-2-5-17(18)29)30-16-4-1-3-12(16)7-21(30)32/h8-10,12,16-18H,1-7,11H2,(H,28,33)/t12-,16-,17-,18+/m0/s1. The summed E-state index contributed by atoms with van der Waals surface area (Å²) in [6.07, 6.45) is 7.98. The van der Waals surface area contributed by atoms with Gasteiger partial charge < -0.3 is 15.1 Å². The van der Waals surface area contributed by atoms with Gasteiger partial charge in [-0.05, 0) is 38.0 Å². The fourth-order valence-corrected chi connectivity index (χ4v) is 6.33. The predicted octanol–water partition coefficient (Wildman–Crippen LogP) is 4.35. The van der Waals surface area contributed by atoms with E-state index in [2.05, 4.69) is 10.4 Å². The zero-order valence-corrected chi connectivity index (χ0v) is 17.9. The van der Waals surface area contributed by atoms with Gasteiger partial charge in [-0.3, -0.25) is 9.48 Å². The molecule has 1 aromatic carbocycles. The third-order valence-corrected chi connectivity index (χ3v) is 7.77. The molecule has 0 radical (unpaired) electrons. The van der Waals surface area contributed by atoms with Crippen molar-refractivity contribution in [1.29, 1.82) is 0 Å². The molecule has 2 aliphatic carbocycles. The second-order valence-electron chi connectivity index (χ2n) is 9.52. The van der Waals surface area contributed by atoms with E-state index >= 15 is 0 Å². The van der Waals surface area contributed by atoms with Crippen molar-refractivity contribution in [2.24, 2.45) is 5.92 Å². The predicted molar refractivity (Wildman–Crippen MR) is 113 cm³/mol. The zero-order chi connectivity index (χ0) is 22.9. The van der Waals surface area contributed by atoms with Gasteiger partial charge in [-0.15, -0.1) is 0 Å². The molecule has 2 aliphatic heterocycles. The molecular formula is C23H24F3N5O2. The maximum absolute atomic E-state index is 13.6. The van der Waals surface area contributed by atoms with E-state index in [-0.39, 0.29) is 36.3 Å². The first-order chi connectivity index (χ1) is 15.9. The molecule has 3 amide bonds. The highest BCUT2D eigenvalue weighted by Gasteiger charge is 2.47. The van der Waals surface area contributed by atoms with Crippen LogP contribution in [0.25, 0.3) is 0 Å². The van der Waals surface area contributed by atoms with E-state index in [0.717, 1.165) is 62.0 Å². The number of anilines is 2. The summed E-state index contributed by atoms with van der Waals surface area (Å²) in [5, 5.41) is 7.15. The minimum atomic E-state index is -1.57. The molecule has 33 heavy (non-hydrogen) atoms. The van der Waals surface area contributed by atoms with E-state index in [0.29, 0.717) is 12.3 Å². The maximum Gasteiger partial charge on any atom is 0.322 e. The first kappa shape index (κ1) is 20.6. The van der Waals surface area contributed by atoms with E-state index in [9.17, 15) is 22.8 Å². The van der Waals surface area contributed by atoms with Crippen LogP contribution in [0.15, 0.2) is 18.3 Å². The van der Waals surface area contributed by atoms with E-state index in [1.165, 1.54) is 0 Å². The van der Waals surface area contributed by atoms with Crippen LogP contribution < -0.4 is 10.2 Å². The van der Waals surface area contributed by atoms with Gasteiger partial charge in [0.2, 0.25) is 5.91 Å². The Morgan fingerprint density at radius 1 is 1.00 bits per heavy atom. The van der Waals surface area contributed by atoms with Gasteiger partial charge in [0.1, 0.15) is 0 Å². The van der Waals surface area contributed by atoms with Gasteiger partial charge in [-0.2, -0.15) is 5.10 Å². The number of carbonyl (C=O) groups is 2. The molecule has 1 saturated heterocycles. The number of hydrogen-bond donors (Lipinski definition) is 1. The monoisotopic (exact) mass is 459 g/mol. The number of halogens is 3. The lowest BCUT2D eigenvalue weighted by atomic mass is 10.0. The highest BCUT2D eigenvalue weighted by molar-refractivity contribution is 5.97. The number of carbonyl (C=O) groups excluding carboxylic acids is 2. The van der Waals surface area contributed by atoms with E-state index < -0.39 is 23.5 Å². The SMILES string of the molecule is O=C(Nc1cc(F)c(F)c(F)c1)N1Cc2c(N3C(=O)C[C@@H]4CCC[C@@H]43)cnn2[C@@H]2CCC[C@@H]21. The molecule has 6 rings (SSSR count). The number of urea groups is 1.